The fraction of sp³-hybridized carbons (Fsp3) is 0.0769. The maximum Gasteiger partial charge on any atom is 0.258 e. The first kappa shape index (κ1) is 13.4. The van der Waals surface area contributed by atoms with Crippen LogP contribution >= 0.6 is 11.6 Å². The minimum atomic E-state index is -1.34. The zero-order valence-electron chi connectivity index (χ0n) is 9.88. The number of hydrogen-bond acceptors (Lipinski definition) is 2. The lowest BCUT2D eigenvalue weighted by molar-refractivity contribution is 0.102. The number of aryl methyl sites for hydroxylation is 1. The first-order valence-corrected chi connectivity index (χ1v) is 5.74. The molecule has 0 bridgehead atoms. The molecule has 0 atom stereocenters. The smallest absolute Gasteiger partial charge is 0.258 e. The molecule has 0 aliphatic carbocycles. The first-order valence-electron chi connectivity index (χ1n) is 5.36. The number of carbonyl (C=O) groups is 1. The Bertz CT molecular complexity index is 647. The average Bonchev–Trinajstić information content (AvgIpc) is 2.36. The van der Waals surface area contributed by atoms with E-state index in [1.807, 2.05) is 13.0 Å². The summed E-state index contributed by atoms with van der Waals surface area (Å²) in [6.07, 6.45) is 0.895. The van der Waals surface area contributed by atoms with E-state index in [1.165, 1.54) is 0 Å². The summed E-state index contributed by atoms with van der Waals surface area (Å²) in [6, 6.07) is 7.03. The number of nitrogens with one attached hydrogen (secondary N) is 1. The molecule has 1 N–H and O–H groups in total. The molecule has 3 nitrogen and oxygen atoms in total. The van der Waals surface area contributed by atoms with Crippen LogP contribution in [0.2, 0.25) is 5.02 Å². The van der Waals surface area contributed by atoms with Gasteiger partial charge in [-0.15, -0.1) is 0 Å². The zero-order valence-corrected chi connectivity index (χ0v) is 10.6. The predicted molar refractivity (Wildman–Crippen MR) is 68.3 cm³/mol. The summed E-state index contributed by atoms with van der Waals surface area (Å²) >= 11 is 5.58. The van der Waals surface area contributed by atoms with Gasteiger partial charge in [-0.1, -0.05) is 23.7 Å². The van der Waals surface area contributed by atoms with Crippen molar-refractivity contribution >= 4 is 23.2 Å². The van der Waals surface area contributed by atoms with Gasteiger partial charge in [-0.3, -0.25) is 4.79 Å². The van der Waals surface area contributed by atoms with Crippen LogP contribution in [0.25, 0.3) is 0 Å². The summed E-state index contributed by atoms with van der Waals surface area (Å²) < 4.78 is 26.0. The van der Waals surface area contributed by atoms with Crippen LogP contribution in [0.1, 0.15) is 15.9 Å². The van der Waals surface area contributed by atoms with Crippen molar-refractivity contribution in [3.8, 4) is 0 Å². The van der Waals surface area contributed by atoms with Crippen LogP contribution in [0.3, 0.4) is 0 Å². The molecular formula is C13H9ClF2N2O. The maximum atomic E-state index is 13.2. The monoisotopic (exact) mass is 282 g/mol. The van der Waals surface area contributed by atoms with Gasteiger partial charge in [0.25, 0.3) is 11.9 Å². The molecule has 0 saturated heterocycles. The minimum absolute atomic E-state index is 0.220. The predicted octanol–water partition coefficient (Wildman–Crippen LogP) is 3.57. The molecule has 0 radical (unpaired) electrons. The lowest BCUT2D eigenvalue weighted by atomic mass is 10.2. The Labute approximate surface area is 113 Å². The van der Waals surface area contributed by atoms with Gasteiger partial charge in [0, 0.05) is 11.9 Å². The van der Waals surface area contributed by atoms with E-state index in [0.29, 0.717) is 5.69 Å². The Kier molecular flexibility index (Phi) is 3.76. The molecule has 2 aromatic rings. The maximum absolute atomic E-state index is 13.2. The van der Waals surface area contributed by atoms with Crippen molar-refractivity contribution in [2.24, 2.45) is 0 Å². The summed E-state index contributed by atoms with van der Waals surface area (Å²) in [7, 11) is 0. The number of anilines is 1. The summed E-state index contributed by atoms with van der Waals surface area (Å²) in [5.41, 5.74) is 1.26. The van der Waals surface area contributed by atoms with E-state index in [9.17, 15) is 13.6 Å². The van der Waals surface area contributed by atoms with Gasteiger partial charge in [0.2, 0.25) is 0 Å². The Balaban J connectivity index is 2.28. The zero-order chi connectivity index (χ0) is 14.0. The number of nitrogens with zero attached hydrogens (tertiary/aromatic N) is 1. The van der Waals surface area contributed by atoms with Gasteiger partial charge in [-0.05, 0) is 24.6 Å². The molecule has 1 amide bonds. The number of hydrogen-bond donors (Lipinski definition) is 1. The molecular weight excluding hydrogens is 274 g/mol. The molecule has 2 rings (SSSR count). The van der Waals surface area contributed by atoms with Crippen LogP contribution in [-0.2, 0) is 0 Å². The van der Waals surface area contributed by atoms with Crippen molar-refractivity contribution in [1.29, 1.82) is 0 Å². The van der Waals surface area contributed by atoms with E-state index in [0.717, 1.165) is 11.8 Å². The molecule has 19 heavy (non-hydrogen) atoms. The fourth-order valence-electron chi connectivity index (χ4n) is 1.52. The number of pyridine rings is 1. The van der Waals surface area contributed by atoms with E-state index < -0.39 is 22.7 Å². The minimum Gasteiger partial charge on any atom is -0.322 e. The Morgan fingerprint density at radius 1 is 1.37 bits per heavy atom. The van der Waals surface area contributed by atoms with Gasteiger partial charge >= 0.3 is 0 Å². The Morgan fingerprint density at radius 3 is 2.79 bits per heavy atom. The molecule has 0 aliphatic heterocycles. The van der Waals surface area contributed by atoms with E-state index in [1.54, 1.807) is 18.2 Å². The average molecular weight is 283 g/mol. The standard InChI is InChI=1S/C13H9ClF2N2O/c1-7-3-2-4-8(5-7)18-13(19)9-6-17-12(16)11(15)10(9)14/h2-6H,1H3,(H,18,19). The molecule has 0 saturated carbocycles. The van der Waals surface area contributed by atoms with Gasteiger partial charge in [-0.2, -0.15) is 4.39 Å². The number of rotatable bonds is 2. The molecule has 0 spiro atoms. The summed E-state index contributed by atoms with van der Waals surface area (Å²) in [5.74, 6) is -3.32. The second kappa shape index (κ2) is 5.32. The van der Waals surface area contributed by atoms with Gasteiger partial charge in [-0.25, -0.2) is 9.37 Å². The second-order valence-corrected chi connectivity index (χ2v) is 4.29. The quantitative estimate of drug-likeness (QED) is 0.856. The lowest BCUT2D eigenvalue weighted by Gasteiger charge is -2.07. The van der Waals surface area contributed by atoms with E-state index in [-0.39, 0.29) is 5.56 Å². The fourth-order valence-corrected chi connectivity index (χ4v) is 1.74. The highest BCUT2D eigenvalue weighted by molar-refractivity contribution is 6.34. The highest BCUT2D eigenvalue weighted by Crippen LogP contribution is 2.22. The molecule has 0 fully saturated rings. The number of carbonyl (C=O) groups excluding carboxylic acids is 1. The van der Waals surface area contributed by atoms with Crippen LogP contribution in [-0.4, -0.2) is 10.9 Å². The summed E-state index contributed by atoms with van der Waals surface area (Å²) in [4.78, 5) is 15.0. The van der Waals surface area contributed by atoms with Crippen LogP contribution in [0.4, 0.5) is 14.5 Å². The van der Waals surface area contributed by atoms with E-state index in [4.69, 9.17) is 11.6 Å². The molecule has 0 aliphatic rings. The van der Waals surface area contributed by atoms with Crippen molar-refractivity contribution < 1.29 is 13.6 Å². The van der Waals surface area contributed by atoms with E-state index in [2.05, 4.69) is 10.3 Å². The van der Waals surface area contributed by atoms with Gasteiger partial charge < -0.3 is 5.32 Å². The Morgan fingerprint density at radius 2 is 2.11 bits per heavy atom. The molecule has 1 aromatic heterocycles. The third kappa shape index (κ3) is 2.88. The second-order valence-electron chi connectivity index (χ2n) is 3.91. The van der Waals surface area contributed by atoms with Crippen LogP contribution in [0.15, 0.2) is 30.5 Å². The molecule has 1 heterocycles. The molecule has 1 aromatic carbocycles. The summed E-state index contributed by atoms with van der Waals surface area (Å²) in [6.45, 7) is 1.86. The highest BCUT2D eigenvalue weighted by atomic mass is 35.5. The largest absolute Gasteiger partial charge is 0.322 e. The molecule has 6 heteroatoms. The lowest BCUT2D eigenvalue weighted by Crippen LogP contribution is -2.14. The van der Waals surface area contributed by atoms with Gasteiger partial charge in [0.05, 0.1) is 10.6 Å². The van der Waals surface area contributed by atoms with Crippen molar-refractivity contribution in [2.45, 2.75) is 6.92 Å². The van der Waals surface area contributed by atoms with Crippen LogP contribution in [0.5, 0.6) is 0 Å². The van der Waals surface area contributed by atoms with Crippen LogP contribution in [0, 0.1) is 18.7 Å². The van der Waals surface area contributed by atoms with Crippen molar-refractivity contribution in [1.82, 2.24) is 4.98 Å². The van der Waals surface area contributed by atoms with Gasteiger partial charge in [0.1, 0.15) is 0 Å². The SMILES string of the molecule is Cc1cccc(NC(=O)c2cnc(F)c(F)c2Cl)c1. The van der Waals surface area contributed by atoms with Crippen molar-refractivity contribution in [3.05, 3.63) is 58.4 Å². The molecule has 0 unspecified atom stereocenters. The highest BCUT2D eigenvalue weighted by Gasteiger charge is 2.18. The topological polar surface area (TPSA) is 42.0 Å². The third-order valence-corrected chi connectivity index (χ3v) is 2.81. The normalized spacial score (nSPS) is 10.3. The van der Waals surface area contributed by atoms with Crippen molar-refractivity contribution in [2.75, 3.05) is 5.32 Å². The summed E-state index contributed by atoms with van der Waals surface area (Å²) in [5, 5.41) is 1.95. The molecule has 98 valence electrons. The Hall–Kier alpha value is -2.01. The number of amides is 1. The number of halogens is 3. The third-order valence-electron chi connectivity index (χ3n) is 2.44. The number of benzene rings is 1. The number of aromatic nitrogens is 1. The van der Waals surface area contributed by atoms with E-state index >= 15 is 0 Å². The van der Waals surface area contributed by atoms with Crippen LogP contribution < -0.4 is 5.32 Å². The van der Waals surface area contributed by atoms with Crippen molar-refractivity contribution in [3.63, 3.8) is 0 Å². The first-order chi connectivity index (χ1) is 8.99. The van der Waals surface area contributed by atoms with Gasteiger partial charge in [0.15, 0.2) is 5.82 Å².